The van der Waals surface area contributed by atoms with E-state index in [-0.39, 0.29) is 24.8 Å². The number of hydrogen-bond donors (Lipinski definition) is 1. The fourth-order valence-corrected chi connectivity index (χ4v) is 4.36. The van der Waals surface area contributed by atoms with Crippen LogP contribution in [0.1, 0.15) is 36.5 Å². The van der Waals surface area contributed by atoms with Crippen molar-refractivity contribution in [1.82, 2.24) is 10.2 Å². The van der Waals surface area contributed by atoms with Crippen molar-refractivity contribution in [2.75, 3.05) is 20.8 Å². The Bertz CT molecular complexity index is 1170. The summed E-state index contributed by atoms with van der Waals surface area (Å²) in [7, 11) is 3.17. The SMILES string of the molecule is CCCNC(=O)[C@H](Cc1ccccc1)N(Cc1ccccc1Cl)C(=O)CCc1ccc(OC)c(OC)c1. The molecule has 1 atom stereocenters. The third-order valence-corrected chi connectivity index (χ3v) is 6.56. The van der Waals surface area contributed by atoms with Gasteiger partial charge in [-0.15, -0.1) is 0 Å². The predicted molar refractivity (Wildman–Crippen MR) is 147 cm³/mol. The van der Waals surface area contributed by atoms with Gasteiger partial charge in [0.15, 0.2) is 11.5 Å². The normalized spacial score (nSPS) is 11.5. The number of benzene rings is 3. The van der Waals surface area contributed by atoms with Gasteiger partial charge in [-0.1, -0.05) is 73.1 Å². The Balaban J connectivity index is 1.90. The summed E-state index contributed by atoms with van der Waals surface area (Å²) >= 11 is 6.47. The third-order valence-electron chi connectivity index (χ3n) is 6.19. The molecule has 3 aromatic rings. The average molecular weight is 523 g/mol. The second-order valence-electron chi connectivity index (χ2n) is 8.80. The summed E-state index contributed by atoms with van der Waals surface area (Å²) in [5.74, 6) is 0.953. The van der Waals surface area contributed by atoms with Crippen LogP contribution in [-0.4, -0.2) is 43.5 Å². The zero-order valence-corrected chi connectivity index (χ0v) is 22.5. The van der Waals surface area contributed by atoms with E-state index >= 15 is 0 Å². The summed E-state index contributed by atoms with van der Waals surface area (Å²) in [5, 5.41) is 3.56. The summed E-state index contributed by atoms with van der Waals surface area (Å²) in [6.45, 7) is 2.79. The lowest BCUT2D eigenvalue weighted by Gasteiger charge is -2.32. The number of hydrogen-bond acceptors (Lipinski definition) is 4. The summed E-state index contributed by atoms with van der Waals surface area (Å²) in [4.78, 5) is 28.8. The maximum atomic E-state index is 13.8. The Labute approximate surface area is 224 Å². The fraction of sp³-hybridized carbons (Fsp3) is 0.333. The van der Waals surface area contributed by atoms with Gasteiger partial charge in [-0.3, -0.25) is 9.59 Å². The van der Waals surface area contributed by atoms with Crippen molar-refractivity contribution in [1.29, 1.82) is 0 Å². The number of carbonyl (C=O) groups is 2. The summed E-state index contributed by atoms with van der Waals surface area (Å²) < 4.78 is 10.7. The molecule has 0 unspecified atom stereocenters. The van der Waals surface area contributed by atoms with Crippen LogP contribution in [-0.2, 0) is 29.0 Å². The van der Waals surface area contributed by atoms with Crippen LogP contribution in [0, 0.1) is 0 Å². The van der Waals surface area contributed by atoms with Crippen molar-refractivity contribution in [2.45, 2.75) is 45.2 Å². The highest BCUT2D eigenvalue weighted by atomic mass is 35.5. The van der Waals surface area contributed by atoms with Crippen LogP contribution in [0.5, 0.6) is 11.5 Å². The van der Waals surface area contributed by atoms with Gasteiger partial charge in [0.1, 0.15) is 6.04 Å². The number of carbonyl (C=O) groups excluding carboxylic acids is 2. The third kappa shape index (κ3) is 7.99. The largest absolute Gasteiger partial charge is 0.493 e. The number of amides is 2. The molecule has 0 fully saturated rings. The first-order valence-corrected chi connectivity index (χ1v) is 12.9. The van der Waals surface area contributed by atoms with E-state index in [4.69, 9.17) is 21.1 Å². The van der Waals surface area contributed by atoms with Crippen molar-refractivity contribution in [3.63, 3.8) is 0 Å². The van der Waals surface area contributed by atoms with Crippen molar-refractivity contribution >= 4 is 23.4 Å². The minimum absolute atomic E-state index is 0.123. The van der Waals surface area contributed by atoms with E-state index in [0.717, 1.165) is 23.1 Å². The molecule has 0 radical (unpaired) electrons. The molecule has 0 saturated carbocycles. The van der Waals surface area contributed by atoms with E-state index in [1.54, 1.807) is 25.2 Å². The standard InChI is InChI=1S/C30H35ClN2O4/c1-4-18-32-30(35)26(19-22-10-6-5-7-11-22)33(21-24-12-8-9-13-25(24)31)29(34)17-15-23-14-16-27(36-2)28(20-23)37-3/h5-14,16,20,26H,4,15,17-19,21H2,1-3H3,(H,32,35)/t26-/m0/s1. The van der Waals surface area contributed by atoms with E-state index in [2.05, 4.69) is 5.32 Å². The number of methoxy groups -OCH3 is 2. The minimum atomic E-state index is -0.678. The number of rotatable bonds is 13. The lowest BCUT2D eigenvalue weighted by atomic mass is 10.0. The highest BCUT2D eigenvalue weighted by molar-refractivity contribution is 6.31. The van der Waals surface area contributed by atoms with Crippen molar-refractivity contribution in [2.24, 2.45) is 0 Å². The van der Waals surface area contributed by atoms with Gasteiger partial charge >= 0.3 is 0 Å². The van der Waals surface area contributed by atoms with E-state index in [9.17, 15) is 9.59 Å². The highest BCUT2D eigenvalue weighted by Gasteiger charge is 2.30. The Morgan fingerprint density at radius 2 is 1.62 bits per heavy atom. The van der Waals surface area contributed by atoms with Gasteiger partial charge in [0.25, 0.3) is 0 Å². The average Bonchev–Trinajstić information content (AvgIpc) is 2.93. The van der Waals surface area contributed by atoms with Crippen LogP contribution >= 0.6 is 11.6 Å². The molecule has 3 aromatic carbocycles. The summed E-state index contributed by atoms with van der Waals surface area (Å²) in [6, 6.07) is 22.1. The maximum absolute atomic E-state index is 13.8. The van der Waals surface area contributed by atoms with Crippen LogP contribution in [0.15, 0.2) is 72.8 Å². The van der Waals surface area contributed by atoms with Gasteiger partial charge in [-0.05, 0) is 47.7 Å². The van der Waals surface area contributed by atoms with Gasteiger partial charge in [0.05, 0.1) is 14.2 Å². The Hall–Kier alpha value is -3.51. The van der Waals surface area contributed by atoms with Crippen LogP contribution in [0.4, 0.5) is 0 Å². The first-order valence-electron chi connectivity index (χ1n) is 12.5. The Morgan fingerprint density at radius 1 is 0.919 bits per heavy atom. The monoisotopic (exact) mass is 522 g/mol. The second-order valence-corrected chi connectivity index (χ2v) is 9.21. The summed E-state index contributed by atoms with van der Waals surface area (Å²) in [5.41, 5.74) is 2.72. The number of nitrogens with one attached hydrogen (secondary N) is 1. The molecule has 7 heteroatoms. The van der Waals surface area contributed by atoms with E-state index in [1.165, 1.54) is 0 Å². The van der Waals surface area contributed by atoms with Gasteiger partial charge in [-0.2, -0.15) is 0 Å². The Kier molecular flexibility index (Phi) is 10.8. The molecule has 0 aromatic heterocycles. The number of ether oxygens (including phenoxy) is 2. The quantitative estimate of drug-likeness (QED) is 0.324. The van der Waals surface area contributed by atoms with Gasteiger partial charge in [0.2, 0.25) is 11.8 Å². The lowest BCUT2D eigenvalue weighted by molar-refractivity contribution is -0.141. The zero-order chi connectivity index (χ0) is 26.6. The molecule has 0 aliphatic heterocycles. The highest BCUT2D eigenvalue weighted by Crippen LogP contribution is 2.28. The van der Waals surface area contributed by atoms with Crippen molar-refractivity contribution < 1.29 is 19.1 Å². The zero-order valence-electron chi connectivity index (χ0n) is 21.7. The van der Waals surface area contributed by atoms with Crippen molar-refractivity contribution in [3.05, 3.63) is 94.5 Å². The topological polar surface area (TPSA) is 67.9 Å². The molecule has 0 spiro atoms. The van der Waals surface area contributed by atoms with Gasteiger partial charge in [0, 0.05) is 31.0 Å². The van der Waals surface area contributed by atoms with Gasteiger partial charge in [-0.25, -0.2) is 0 Å². The molecule has 0 bridgehead atoms. The molecule has 196 valence electrons. The first kappa shape index (κ1) is 28.1. The summed E-state index contributed by atoms with van der Waals surface area (Å²) in [6.07, 6.45) is 1.93. The number of aryl methyl sites for hydroxylation is 1. The molecular weight excluding hydrogens is 488 g/mol. The van der Waals surface area contributed by atoms with Crippen LogP contribution in [0.2, 0.25) is 5.02 Å². The molecule has 0 heterocycles. The number of halogens is 1. The van der Waals surface area contributed by atoms with Crippen molar-refractivity contribution in [3.8, 4) is 11.5 Å². The molecule has 0 aliphatic carbocycles. The first-order chi connectivity index (χ1) is 18.0. The maximum Gasteiger partial charge on any atom is 0.243 e. The predicted octanol–water partition coefficient (Wildman–Crippen LogP) is 5.46. The van der Waals surface area contributed by atoms with Crippen LogP contribution in [0.3, 0.4) is 0 Å². The fourth-order valence-electron chi connectivity index (χ4n) is 4.16. The van der Waals surface area contributed by atoms with Crippen LogP contribution in [0.25, 0.3) is 0 Å². The van der Waals surface area contributed by atoms with E-state index in [1.807, 2.05) is 73.7 Å². The second kappa shape index (κ2) is 14.3. The Morgan fingerprint density at radius 3 is 2.30 bits per heavy atom. The number of nitrogens with zero attached hydrogens (tertiary/aromatic N) is 1. The lowest BCUT2D eigenvalue weighted by Crippen LogP contribution is -2.50. The molecule has 6 nitrogen and oxygen atoms in total. The smallest absolute Gasteiger partial charge is 0.243 e. The van der Waals surface area contributed by atoms with Gasteiger partial charge < -0.3 is 19.7 Å². The van der Waals surface area contributed by atoms with E-state index < -0.39 is 6.04 Å². The van der Waals surface area contributed by atoms with E-state index in [0.29, 0.717) is 35.9 Å². The molecule has 2 amide bonds. The molecule has 0 aliphatic rings. The molecular formula is C30H35ClN2O4. The molecule has 37 heavy (non-hydrogen) atoms. The minimum Gasteiger partial charge on any atom is -0.493 e. The molecule has 3 rings (SSSR count). The molecule has 1 N–H and O–H groups in total. The molecule has 0 saturated heterocycles. The van der Waals surface area contributed by atoms with Crippen LogP contribution < -0.4 is 14.8 Å².